The van der Waals surface area contributed by atoms with E-state index in [1.54, 1.807) is 0 Å². The van der Waals surface area contributed by atoms with Crippen molar-refractivity contribution < 1.29 is 8.42 Å². The lowest BCUT2D eigenvalue weighted by atomic mass is 10.3. The first-order valence-electron chi connectivity index (χ1n) is 7.34. The lowest BCUT2D eigenvalue weighted by Crippen LogP contribution is -2.26. The van der Waals surface area contributed by atoms with E-state index < -0.39 is 10.0 Å². The fraction of sp³-hybridized carbons (Fsp3) is 0.714. The number of aryl methyl sites for hydroxylation is 1. The first-order chi connectivity index (χ1) is 9.54. The SMILES string of the molecule is CCCCCNS(=O)(=O)c1c(C)csc1CNC1CC1. The second-order valence-electron chi connectivity index (χ2n) is 5.43. The van der Waals surface area contributed by atoms with Crippen LogP contribution in [0, 0.1) is 6.92 Å². The number of nitrogens with one attached hydrogen (secondary N) is 2. The van der Waals surface area contributed by atoms with E-state index in [2.05, 4.69) is 17.0 Å². The van der Waals surface area contributed by atoms with E-state index in [4.69, 9.17) is 0 Å². The Labute approximate surface area is 126 Å². The van der Waals surface area contributed by atoms with Crippen molar-refractivity contribution >= 4 is 21.4 Å². The van der Waals surface area contributed by atoms with E-state index in [9.17, 15) is 8.42 Å². The summed E-state index contributed by atoms with van der Waals surface area (Å²) in [5.74, 6) is 0. The molecule has 0 unspecified atom stereocenters. The lowest BCUT2D eigenvalue weighted by Gasteiger charge is -2.09. The van der Waals surface area contributed by atoms with Crippen LogP contribution in [0.2, 0.25) is 0 Å². The predicted octanol–water partition coefficient (Wildman–Crippen LogP) is 2.78. The highest BCUT2D eigenvalue weighted by Crippen LogP contribution is 2.28. The Kier molecular flexibility index (Phi) is 5.60. The Morgan fingerprint density at radius 3 is 2.75 bits per heavy atom. The minimum Gasteiger partial charge on any atom is -0.309 e. The Hall–Kier alpha value is -0.430. The molecule has 0 amide bonds. The van der Waals surface area contributed by atoms with E-state index in [0.29, 0.717) is 24.0 Å². The average Bonchev–Trinajstić information content (AvgIpc) is 3.15. The van der Waals surface area contributed by atoms with E-state index >= 15 is 0 Å². The molecule has 0 aliphatic heterocycles. The number of thiophene rings is 1. The number of rotatable bonds is 9. The van der Waals surface area contributed by atoms with Crippen molar-refractivity contribution in [2.45, 2.75) is 63.4 Å². The summed E-state index contributed by atoms with van der Waals surface area (Å²) in [7, 11) is -3.37. The van der Waals surface area contributed by atoms with Crippen molar-refractivity contribution in [2.24, 2.45) is 0 Å². The third kappa shape index (κ3) is 4.28. The van der Waals surface area contributed by atoms with Gasteiger partial charge >= 0.3 is 0 Å². The summed E-state index contributed by atoms with van der Waals surface area (Å²) in [5.41, 5.74) is 0.852. The Morgan fingerprint density at radius 1 is 1.35 bits per heavy atom. The highest BCUT2D eigenvalue weighted by molar-refractivity contribution is 7.89. The molecule has 1 fully saturated rings. The zero-order chi connectivity index (χ0) is 14.6. The van der Waals surface area contributed by atoms with Crippen molar-refractivity contribution in [3.05, 3.63) is 15.8 Å². The third-order valence-corrected chi connectivity index (χ3v) is 6.38. The van der Waals surface area contributed by atoms with Gasteiger partial charge in [0.2, 0.25) is 10.0 Å². The van der Waals surface area contributed by atoms with Gasteiger partial charge < -0.3 is 5.32 Å². The van der Waals surface area contributed by atoms with Crippen LogP contribution in [0.5, 0.6) is 0 Å². The van der Waals surface area contributed by atoms with Gasteiger partial charge in [-0.05, 0) is 37.1 Å². The molecular formula is C14H24N2O2S2. The normalized spacial score (nSPS) is 15.7. The van der Waals surface area contributed by atoms with Crippen LogP contribution in [0.1, 0.15) is 49.5 Å². The van der Waals surface area contributed by atoms with Crippen molar-refractivity contribution in [1.82, 2.24) is 10.0 Å². The minimum atomic E-state index is -3.37. The van der Waals surface area contributed by atoms with Crippen LogP contribution in [-0.2, 0) is 16.6 Å². The second kappa shape index (κ2) is 7.02. The summed E-state index contributed by atoms with van der Waals surface area (Å²) in [6, 6.07) is 0.588. The second-order valence-corrected chi connectivity index (χ2v) is 8.10. The maximum Gasteiger partial charge on any atom is 0.241 e. The maximum absolute atomic E-state index is 12.4. The standard InChI is InChI=1S/C14H24N2O2S2/c1-3-4-5-8-16-20(17,18)14-11(2)10-19-13(14)9-15-12-6-7-12/h10,12,15-16H,3-9H2,1-2H3. The van der Waals surface area contributed by atoms with Gasteiger partial charge in [0.15, 0.2) is 0 Å². The molecule has 1 heterocycles. The topological polar surface area (TPSA) is 58.2 Å². The number of hydrogen-bond acceptors (Lipinski definition) is 4. The highest BCUT2D eigenvalue weighted by Gasteiger charge is 2.25. The van der Waals surface area contributed by atoms with Crippen LogP contribution in [0.4, 0.5) is 0 Å². The first kappa shape index (κ1) is 15.9. The van der Waals surface area contributed by atoms with E-state index in [1.165, 1.54) is 24.2 Å². The molecule has 0 saturated heterocycles. The fourth-order valence-electron chi connectivity index (χ4n) is 2.15. The smallest absolute Gasteiger partial charge is 0.241 e. The van der Waals surface area contributed by atoms with Crippen LogP contribution in [0.3, 0.4) is 0 Å². The van der Waals surface area contributed by atoms with Crippen LogP contribution >= 0.6 is 11.3 Å². The van der Waals surface area contributed by atoms with E-state index in [-0.39, 0.29) is 0 Å². The monoisotopic (exact) mass is 316 g/mol. The Balaban J connectivity index is 2.02. The molecule has 0 bridgehead atoms. The van der Waals surface area contributed by atoms with Crippen LogP contribution in [0.15, 0.2) is 10.3 Å². The predicted molar refractivity (Wildman–Crippen MR) is 83.6 cm³/mol. The van der Waals surface area contributed by atoms with E-state index in [0.717, 1.165) is 29.7 Å². The minimum absolute atomic E-state index is 0.493. The van der Waals surface area contributed by atoms with Gasteiger partial charge in [-0.15, -0.1) is 11.3 Å². The van der Waals surface area contributed by atoms with Crippen molar-refractivity contribution in [3.8, 4) is 0 Å². The highest BCUT2D eigenvalue weighted by atomic mass is 32.2. The zero-order valence-electron chi connectivity index (χ0n) is 12.2. The van der Waals surface area contributed by atoms with Crippen molar-refractivity contribution in [1.29, 1.82) is 0 Å². The molecule has 4 nitrogen and oxygen atoms in total. The number of unbranched alkanes of at least 4 members (excludes halogenated alkanes) is 2. The number of hydrogen-bond donors (Lipinski definition) is 2. The molecule has 1 aliphatic rings. The molecule has 6 heteroatoms. The largest absolute Gasteiger partial charge is 0.309 e. The van der Waals surface area contributed by atoms with Gasteiger partial charge in [-0.2, -0.15) is 0 Å². The van der Waals surface area contributed by atoms with Crippen LogP contribution in [0.25, 0.3) is 0 Å². The molecule has 0 atom stereocenters. The van der Waals surface area contributed by atoms with E-state index in [1.807, 2.05) is 12.3 Å². The molecule has 2 rings (SSSR count). The van der Waals surface area contributed by atoms with Gasteiger partial charge in [0.25, 0.3) is 0 Å². The van der Waals surface area contributed by atoms with Crippen molar-refractivity contribution in [2.75, 3.05) is 6.54 Å². The summed E-state index contributed by atoms with van der Waals surface area (Å²) in [6.07, 6.45) is 5.47. The molecule has 0 aromatic carbocycles. The number of sulfonamides is 1. The van der Waals surface area contributed by atoms with Gasteiger partial charge in [-0.3, -0.25) is 0 Å². The van der Waals surface area contributed by atoms with Gasteiger partial charge in [-0.1, -0.05) is 19.8 Å². The molecule has 2 N–H and O–H groups in total. The molecule has 1 aromatic heterocycles. The van der Waals surface area contributed by atoms with Gasteiger partial charge in [0.1, 0.15) is 4.90 Å². The molecule has 0 spiro atoms. The lowest BCUT2D eigenvalue weighted by molar-refractivity contribution is 0.573. The molecular weight excluding hydrogens is 292 g/mol. The third-order valence-electron chi connectivity index (χ3n) is 3.46. The quantitative estimate of drug-likeness (QED) is 0.689. The molecule has 1 saturated carbocycles. The Morgan fingerprint density at radius 2 is 2.10 bits per heavy atom. The summed E-state index contributed by atoms with van der Waals surface area (Å²) in [5, 5.41) is 5.33. The van der Waals surface area contributed by atoms with Gasteiger partial charge in [0.05, 0.1) is 0 Å². The molecule has 1 aliphatic carbocycles. The summed E-state index contributed by atoms with van der Waals surface area (Å²) in [6.45, 7) is 5.17. The van der Waals surface area contributed by atoms with Gasteiger partial charge in [0, 0.05) is 24.0 Å². The Bertz CT molecular complexity index is 533. The summed E-state index contributed by atoms with van der Waals surface area (Å²) >= 11 is 1.53. The molecule has 20 heavy (non-hydrogen) atoms. The van der Waals surface area contributed by atoms with Gasteiger partial charge in [-0.25, -0.2) is 13.1 Å². The maximum atomic E-state index is 12.4. The first-order valence-corrected chi connectivity index (χ1v) is 9.71. The molecule has 114 valence electrons. The average molecular weight is 316 g/mol. The van der Waals surface area contributed by atoms with Crippen molar-refractivity contribution in [3.63, 3.8) is 0 Å². The zero-order valence-corrected chi connectivity index (χ0v) is 13.9. The fourth-order valence-corrected chi connectivity index (χ4v) is 4.98. The van der Waals surface area contributed by atoms with Crippen LogP contribution < -0.4 is 10.0 Å². The van der Waals surface area contributed by atoms with Crippen LogP contribution in [-0.4, -0.2) is 21.0 Å². The summed E-state index contributed by atoms with van der Waals surface area (Å²) < 4.78 is 27.6. The molecule has 0 radical (unpaired) electrons. The molecule has 1 aromatic rings. The summed E-state index contributed by atoms with van der Waals surface area (Å²) in [4.78, 5) is 1.42.